The van der Waals surface area contributed by atoms with E-state index in [2.05, 4.69) is 0 Å². The Morgan fingerprint density at radius 3 is 2.71 bits per heavy atom. The Kier molecular flexibility index (Phi) is 3.49. The van der Waals surface area contributed by atoms with Gasteiger partial charge in [-0.05, 0) is 19.1 Å². The number of carbonyl (C=O) groups is 1. The molecule has 0 fully saturated rings. The minimum absolute atomic E-state index is 0.106. The third-order valence-electron chi connectivity index (χ3n) is 1.97. The second kappa shape index (κ2) is 4.44. The van der Waals surface area contributed by atoms with Crippen LogP contribution in [0, 0.1) is 0 Å². The van der Waals surface area contributed by atoms with Crippen LogP contribution in [0.25, 0.3) is 0 Å². The molecule has 2 N–H and O–H groups in total. The van der Waals surface area contributed by atoms with E-state index in [1.54, 1.807) is 18.2 Å². The van der Waals surface area contributed by atoms with E-state index in [1.165, 1.54) is 14.0 Å². The van der Waals surface area contributed by atoms with Crippen molar-refractivity contribution in [2.45, 2.75) is 13.0 Å². The van der Waals surface area contributed by atoms with E-state index in [4.69, 9.17) is 22.1 Å². The smallest absolute Gasteiger partial charge is 0.151 e. The summed E-state index contributed by atoms with van der Waals surface area (Å²) < 4.78 is 5.08. The summed E-state index contributed by atoms with van der Waals surface area (Å²) in [5.74, 6) is 0.436. The molecule has 76 valence electrons. The van der Waals surface area contributed by atoms with Gasteiger partial charge in [0.05, 0.1) is 13.2 Å². The fourth-order valence-electron chi connectivity index (χ4n) is 1.16. The quantitative estimate of drug-likeness (QED) is 0.835. The molecule has 0 bridgehead atoms. The van der Waals surface area contributed by atoms with Crippen molar-refractivity contribution in [2.75, 3.05) is 7.11 Å². The van der Waals surface area contributed by atoms with Gasteiger partial charge in [-0.2, -0.15) is 0 Å². The molecule has 14 heavy (non-hydrogen) atoms. The van der Waals surface area contributed by atoms with E-state index >= 15 is 0 Å². The maximum Gasteiger partial charge on any atom is 0.151 e. The summed E-state index contributed by atoms with van der Waals surface area (Å²) >= 11 is 5.77. The lowest BCUT2D eigenvalue weighted by Gasteiger charge is -2.12. The van der Waals surface area contributed by atoms with Crippen molar-refractivity contribution >= 4 is 17.4 Å². The first-order valence-electron chi connectivity index (χ1n) is 4.15. The van der Waals surface area contributed by atoms with Gasteiger partial charge < -0.3 is 10.5 Å². The molecule has 0 aliphatic heterocycles. The van der Waals surface area contributed by atoms with Gasteiger partial charge in [-0.3, -0.25) is 4.79 Å². The zero-order valence-corrected chi connectivity index (χ0v) is 8.84. The number of rotatable bonds is 3. The molecule has 3 nitrogen and oxygen atoms in total. The predicted octanol–water partition coefficient (Wildman–Crippen LogP) is 1.94. The second-order valence-corrected chi connectivity index (χ2v) is 3.41. The number of nitrogens with two attached hydrogens (primary N) is 1. The molecule has 0 spiro atoms. The number of hydrogen-bond donors (Lipinski definition) is 1. The molecule has 0 aliphatic carbocycles. The third kappa shape index (κ3) is 2.25. The highest BCUT2D eigenvalue weighted by molar-refractivity contribution is 6.30. The van der Waals surface area contributed by atoms with Gasteiger partial charge in [0.2, 0.25) is 0 Å². The molecule has 1 aromatic rings. The first-order valence-corrected chi connectivity index (χ1v) is 4.53. The highest BCUT2D eigenvalue weighted by Gasteiger charge is 2.15. The number of ketones is 1. The molecule has 0 aromatic heterocycles. The van der Waals surface area contributed by atoms with Crippen LogP contribution in [-0.4, -0.2) is 12.9 Å². The van der Waals surface area contributed by atoms with E-state index in [1.807, 2.05) is 0 Å². The van der Waals surface area contributed by atoms with Gasteiger partial charge in [-0.1, -0.05) is 17.7 Å². The number of methoxy groups -OCH3 is 1. The maximum absolute atomic E-state index is 11.1. The SMILES string of the molecule is COc1cc(Cl)ccc1C(N)C(C)=O. The molecule has 0 saturated heterocycles. The number of hydrogen-bond acceptors (Lipinski definition) is 3. The van der Waals surface area contributed by atoms with Gasteiger partial charge in [0.1, 0.15) is 5.75 Å². The summed E-state index contributed by atoms with van der Waals surface area (Å²) in [6, 6.07) is 4.37. The van der Waals surface area contributed by atoms with Gasteiger partial charge in [0.15, 0.2) is 5.78 Å². The van der Waals surface area contributed by atoms with Crippen LogP contribution in [0.5, 0.6) is 5.75 Å². The highest BCUT2D eigenvalue weighted by Crippen LogP contribution is 2.27. The molecule has 0 saturated carbocycles. The topological polar surface area (TPSA) is 52.3 Å². The second-order valence-electron chi connectivity index (χ2n) is 2.97. The first kappa shape index (κ1) is 11.0. The number of Topliss-reactive ketones (excluding diaryl/α,β-unsaturated/α-hetero) is 1. The summed E-state index contributed by atoms with van der Waals surface area (Å²) in [6.45, 7) is 1.44. The van der Waals surface area contributed by atoms with E-state index in [0.29, 0.717) is 16.3 Å². The molecule has 1 unspecified atom stereocenters. The fraction of sp³-hybridized carbons (Fsp3) is 0.300. The third-order valence-corrected chi connectivity index (χ3v) is 2.20. The van der Waals surface area contributed by atoms with Gasteiger partial charge in [-0.25, -0.2) is 0 Å². The Hall–Kier alpha value is -1.06. The Bertz CT molecular complexity index is 352. The monoisotopic (exact) mass is 213 g/mol. The molecule has 0 heterocycles. The minimum Gasteiger partial charge on any atom is -0.496 e. The molecule has 0 amide bonds. The first-order chi connectivity index (χ1) is 6.56. The van der Waals surface area contributed by atoms with Crippen molar-refractivity contribution < 1.29 is 9.53 Å². The summed E-state index contributed by atoms with van der Waals surface area (Å²) in [5.41, 5.74) is 6.35. The normalized spacial score (nSPS) is 12.3. The van der Waals surface area contributed by atoms with Crippen LogP contribution in [0.4, 0.5) is 0 Å². The number of carbonyl (C=O) groups excluding carboxylic acids is 1. The summed E-state index contributed by atoms with van der Waals surface area (Å²) in [5, 5.41) is 0.557. The molecule has 4 heteroatoms. The van der Waals surface area contributed by atoms with Crippen molar-refractivity contribution in [3.8, 4) is 5.75 Å². The predicted molar refractivity (Wildman–Crippen MR) is 55.6 cm³/mol. The standard InChI is InChI=1S/C10H12ClNO2/c1-6(13)10(12)8-4-3-7(11)5-9(8)14-2/h3-5,10H,12H2,1-2H3. The maximum atomic E-state index is 11.1. The number of benzene rings is 1. The van der Waals surface area contributed by atoms with Crippen molar-refractivity contribution in [3.05, 3.63) is 28.8 Å². The summed E-state index contributed by atoms with van der Waals surface area (Å²) in [6.07, 6.45) is 0. The van der Waals surface area contributed by atoms with E-state index in [-0.39, 0.29) is 5.78 Å². The molecular weight excluding hydrogens is 202 g/mol. The van der Waals surface area contributed by atoms with Crippen molar-refractivity contribution in [3.63, 3.8) is 0 Å². The van der Waals surface area contributed by atoms with Gasteiger partial charge >= 0.3 is 0 Å². The van der Waals surface area contributed by atoms with Crippen LogP contribution in [0.2, 0.25) is 5.02 Å². The van der Waals surface area contributed by atoms with Crippen LogP contribution in [-0.2, 0) is 4.79 Å². The van der Waals surface area contributed by atoms with Crippen molar-refractivity contribution in [1.82, 2.24) is 0 Å². The van der Waals surface area contributed by atoms with Crippen LogP contribution in [0.1, 0.15) is 18.5 Å². The molecule has 1 aromatic carbocycles. The Labute approximate surface area is 87.8 Å². The molecule has 1 atom stereocenters. The lowest BCUT2D eigenvalue weighted by Crippen LogP contribution is -2.19. The van der Waals surface area contributed by atoms with Crippen LogP contribution < -0.4 is 10.5 Å². The Morgan fingerprint density at radius 2 is 2.21 bits per heavy atom. The molecule has 0 radical (unpaired) electrons. The highest BCUT2D eigenvalue weighted by atomic mass is 35.5. The van der Waals surface area contributed by atoms with Gasteiger partial charge in [0, 0.05) is 10.6 Å². The Morgan fingerprint density at radius 1 is 1.57 bits per heavy atom. The number of ether oxygens (including phenoxy) is 1. The fourth-order valence-corrected chi connectivity index (χ4v) is 1.32. The summed E-state index contributed by atoms with van der Waals surface area (Å²) in [4.78, 5) is 11.1. The van der Waals surface area contributed by atoms with Gasteiger partial charge in [-0.15, -0.1) is 0 Å². The van der Waals surface area contributed by atoms with E-state index in [9.17, 15) is 4.79 Å². The van der Waals surface area contributed by atoms with Gasteiger partial charge in [0.25, 0.3) is 0 Å². The van der Waals surface area contributed by atoms with Crippen LogP contribution in [0.3, 0.4) is 0 Å². The molecule has 1 rings (SSSR count). The molecular formula is C10H12ClNO2. The zero-order chi connectivity index (χ0) is 10.7. The average molecular weight is 214 g/mol. The minimum atomic E-state index is -0.651. The molecule has 0 aliphatic rings. The zero-order valence-electron chi connectivity index (χ0n) is 8.08. The van der Waals surface area contributed by atoms with Crippen LogP contribution in [0.15, 0.2) is 18.2 Å². The number of halogens is 1. The average Bonchev–Trinajstić information content (AvgIpc) is 2.16. The lowest BCUT2D eigenvalue weighted by atomic mass is 10.0. The summed E-state index contributed by atoms with van der Waals surface area (Å²) in [7, 11) is 1.52. The lowest BCUT2D eigenvalue weighted by molar-refractivity contribution is -0.118. The largest absolute Gasteiger partial charge is 0.496 e. The van der Waals surface area contributed by atoms with E-state index in [0.717, 1.165) is 0 Å². The van der Waals surface area contributed by atoms with E-state index < -0.39 is 6.04 Å². The van der Waals surface area contributed by atoms with Crippen molar-refractivity contribution in [2.24, 2.45) is 5.73 Å². The Balaban J connectivity index is 3.13. The van der Waals surface area contributed by atoms with Crippen LogP contribution >= 0.6 is 11.6 Å². The van der Waals surface area contributed by atoms with Crippen molar-refractivity contribution in [1.29, 1.82) is 0 Å².